The minimum atomic E-state index is 0.794. The standard InChI is InChI=1S/C56H35N5S/c1-3-18-36(19-4-1)55-57-58-56(37-20-5-2-6-21-37)61(55)49-32-17-31-48-52(49)42-25-9-14-29-46(42)59(48)44-27-12-7-22-38(44)39-23-8-13-28-45(39)60-47-30-15-10-26-43(47)53-50(60)35-34-41-40-24-11-16-33-51(40)62-54(41)53/h1-35H. The highest BCUT2D eigenvalue weighted by atomic mass is 32.1. The first-order chi connectivity index (χ1) is 30.8. The molecule has 0 aliphatic carbocycles. The zero-order valence-electron chi connectivity index (χ0n) is 33.4. The second kappa shape index (κ2) is 13.7. The molecule has 5 nitrogen and oxygen atoms in total. The Morgan fingerprint density at radius 1 is 0.306 bits per heavy atom. The first-order valence-corrected chi connectivity index (χ1v) is 21.7. The second-order valence-electron chi connectivity index (χ2n) is 15.8. The quantitative estimate of drug-likeness (QED) is 0.168. The van der Waals surface area contributed by atoms with E-state index in [1.54, 1.807) is 0 Å². The first kappa shape index (κ1) is 34.8. The van der Waals surface area contributed by atoms with E-state index in [2.05, 4.69) is 214 Å². The van der Waals surface area contributed by atoms with Crippen molar-refractivity contribution in [2.24, 2.45) is 0 Å². The second-order valence-corrected chi connectivity index (χ2v) is 16.8. The van der Waals surface area contributed by atoms with E-state index in [0.717, 1.165) is 72.8 Å². The summed E-state index contributed by atoms with van der Waals surface area (Å²) in [4.78, 5) is 0. The summed E-state index contributed by atoms with van der Waals surface area (Å²) < 4.78 is 9.80. The third kappa shape index (κ3) is 5.08. The topological polar surface area (TPSA) is 40.6 Å². The normalized spacial score (nSPS) is 11.9. The van der Waals surface area contributed by atoms with Crippen LogP contribution in [0.2, 0.25) is 0 Å². The van der Waals surface area contributed by atoms with Gasteiger partial charge >= 0.3 is 0 Å². The third-order valence-electron chi connectivity index (χ3n) is 12.4. The number of nitrogens with zero attached hydrogens (tertiary/aromatic N) is 5. The number of benzene rings is 9. The van der Waals surface area contributed by atoms with E-state index in [-0.39, 0.29) is 0 Å². The van der Waals surface area contributed by atoms with Gasteiger partial charge in [-0.15, -0.1) is 21.5 Å². The van der Waals surface area contributed by atoms with Gasteiger partial charge in [0, 0.05) is 64.0 Å². The Balaban J connectivity index is 1.07. The molecule has 0 aliphatic heterocycles. The van der Waals surface area contributed by atoms with Gasteiger partial charge in [0.2, 0.25) is 0 Å². The molecule has 62 heavy (non-hydrogen) atoms. The fraction of sp³-hybridized carbons (Fsp3) is 0. The average molecular weight is 810 g/mol. The highest BCUT2D eigenvalue weighted by molar-refractivity contribution is 7.26. The lowest BCUT2D eigenvalue weighted by Crippen LogP contribution is -2.02. The zero-order chi connectivity index (χ0) is 40.7. The van der Waals surface area contributed by atoms with E-state index >= 15 is 0 Å². The molecule has 0 atom stereocenters. The molecule has 6 heteroatoms. The molecular formula is C56H35N5S. The van der Waals surface area contributed by atoms with Gasteiger partial charge in [0.05, 0.1) is 39.1 Å². The zero-order valence-corrected chi connectivity index (χ0v) is 34.2. The van der Waals surface area contributed by atoms with Crippen LogP contribution in [0.1, 0.15) is 0 Å². The van der Waals surface area contributed by atoms with E-state index < -0.39 is 0 Å². The molecular weight excluding hydrogens is 775 g/mol. The van der Waals surface area contributed by atoms with Crippen molar-refractivity contribution in [2.75, 3.05) is 0 Å². The first-order valence-electron chi connectivity index (χ1n) is 20.9. The van der Waals surface area contributed by atoms with Crippen molar-refractivity contribution in [1.29, 1.82) is 0 Å². The van der Waals surface area contributed by atoms with Gasteiger partial charge in [-0.1, -0.05) is 164 Å². The molecule has 0 unspecified atom stereocenters. The van der Waals surface area contributed by atoms with E-state index in [1.165, 1.54) is 42.0 Å². The molecule has 4 heterocycles. The molecule has 290 valence electrons. The van der Waals surface area contributed by atoms with E-state index in [0.29, 0.717) is 0 Å². The summed E-state index contributed by atoms with van der Waals surface area (Å²) in [5, 5.41) is 17.2. The van der Waals surface area contributed by atoms with Gasteiger partial charge in [0.1, 0.15) is 0 Å². The van der Waals surface area contributed by atoms with Gasteiger partial charge < -0.3 is 9.13 Å². The van der Waals surface area contributed by atoms with Gasteiger partial charge in [-0.25, -0.2) is 0 Å². The summed E-state index contributed by atoms with van der Waals surface area (Å²) in [5.74, 6) is 1.59. The van der Waals surface area contributed by atoms with Gasteiger partial charge in [-0.2, -0.15) is 0 Å². The van der Waals surface area contributed by atoms with E-state index in [1.807, 2.05) is 23.5 Å². The Morgan fingerprint density at radius 3 is 1.40 bits per heavy atom. The fourth-order valence-electron chi connectivity index (χ4n) is 9.79. The van der Waals surface area contributed by atoms with E-state index in [4.69, 9.17) is 10.2 Å². The lowest BCUT2D eigenvalue weighted by Gasteiger charge is -2.18. The molecule has 0 saturated heterocycles. The minimum Gasteiger partial charge on any atom is -0.309 e. The summed E-state index contributed by atoms with van der Waals surface area (Å²) in [7, 11) is 0. The molecule has 0 bridgehead atoms. The molecule has 4 aromatic heterocycles. The van der Waals surface area contributed by atoms with Gasteiger partial charge in [-0.3, -0.25) is 4.57 Å². The minimum absolute atomic E-state index is 0.794. The van der Waals surface area contributed by atoms with Crippen molar-refractivity contribution in [3.8, 4) is 51.0 Å². The SMILES string of the molecule is c1ccc(-c2nnc(-c3ccccc3)n2-c2cccc3c2c2ccccc2n3-c2ccccc2-c2ccccc2-n2c3ccccc3c3c4sc5ccccc5c4ccc32)cc1. The maximum absolute atomic E-state index is 4.85. The van der Waals surface area contributed by atoms with Crippen molar-refractivity contribution >= 4 is 75.1 Å². The fourth-order valence-corrected chi connectivity index (χ4v) is 11.1. The largest absolute Gasteiger partial charge is 0.309 e. The van der Waals surface area contributed by atoms with Gasteiger partial charge in [-0.05, 0) is 48.5 Å². The smallest absolute Gasteiger partial charge is 0.168 e. The van der Waals surface area contributed by atoms with Crippen molar-refractivity contribution in [3.63, 3.8) is 0 Å². The average Bonchev–Trinajstić information content (AvgIpc) is 4.12. The van der Waals surface area contributed by atoms with Crippen molar-refractivity contribution in [2.45, 2.75) is 0 Å². The van der Waals surface area contributed by atoms with Crippen LogP contribution >= 0.6 is 11.3 Å². The van der Waals surface area contributed by atoms with Crippen LogP contribution in [0.5, 0.6) is 0 Å². The maximum Gasteiger partial charge on any atom is 0.168 e. The summed E-state index contributed by atoms with van der Waals surface area (Å²) in [6.45, 7) is 0. The van der Waals surface area contributed by atoms with Gasteiger partial charge in [0.25, 0.3) is 0 Å². The Morgan fingerprint density at radius 2 is 0.774 bits per heavy atom. The van der Waals surface area contributed by atoms with Crippen LogP contribution in [0.4, 0.5) is 0 Å². The van der Waals surface area contributed by atoms with Crippen LogP contribution in [0, 0.1) is 0 Å². The van der Waals surface area contributed by atoms with Crippen LogP contribution in [0.15, 0.2) is 212 Å². The third-order valence-corrected chi connectivity index (χ3v) is 13.6. The molecule has 13 aromatic rings. The maximum atomic E-state index is 4.85. The number of para-hydroxylation sites is 4. The summed E-state index contributed by atoms with van der Waals surface area (Å²) in [6.07, 6.45) is 0. The monoisotopic (exact) mass is 809 g/mol. The summed E-state index contributed by atoms with van der Waals surface area (Å²) >= 11 is 1.89. The van der Waals surface area contributed by atoms with Crippen molar-refractivity contribution in [1.82, 2.24) is 23.9 Å². The molecule has 0 amide bonds. The van der Waals surface area contributed by atoms with Gasteiger partial charge in [0.15, 0.2) is 11.6 Å². The molecule has 0 radical (unpaired) electrons. The Bertz CT molecular complexity index is 3810. The lowest BCUT2D eigenvalue weighted by atomic mass is 10.0. The molecule has 0 N–H and O–H groups in total. The highest BCUT2D eigenvalue weighted by Crippen LogP contribution is 2.46. The highest BCUT2D eigenvalue weighted by Gasteiger charge is 2.25. The molecule has 0 aliphatic rings. The lowest BCUT2D eigenvalue weighted by molar-refractivity contribution is 1.08. The number of aromatic nitrogens is 5. The van der Waals surface area contributed by atoms with Crippen LogP contribution in [0.25, 0.3) is 115 Å². The number of hydrogen-bond acceptors (Lipinski definition) is 3. The molecule has 0 saturated carbocycles. The van der Waals surface area contributed by atoms with Crippen molar-refractivity contribution < 1.29 is 0 Å². The predicted molar refractivity (Wildman–Crippen MR) is 259 cm³/mol. The van der Waals surface area contributed by atoms with Crippen LogP contribution in [0.3, 0.4) is 0 Å². The Kier molecular flexibility index (Phi) is 7.71. The van der Waals surface area contributed by atoms with Crippen LogP contribution in [-0.4, -0.2) is 23.9 Å². The molecule has 9 aromatic carbocycles. The van der Waals surface area contributed by atoms with Crippen LogP contribution in [-0.2, 0) is 0 Å². The Hall–Kier alpha value is -8.06. The predicted octanol–water partition coefficient (Wildman–Crippen LogP) is 14.8. The number of thiophene rings is 1. The van der Waals surface area contributed by atoms with Crippen LogP contribution < -0.4 is 0 Å². The Labute approximate surface area is 360 Å². The number of fused-ring (bicyclic) bond motifs is 10. The summed E-state index contributed by atoms with van der Waals surface area (Å²) in [6, 6.07) is 76.2. The number of rotatable bonds is 6. The molecule has 0 spiro atoms. The van der Waals surface area contributed by atoms with E-state index in [9.17, 15) is 0 Å². The molecule has 13 rings (SSSR count). The number of hydrogen-bond donors (Lipinski definition) is 0. The van der Waals surface area contributed by atoms with Crippen molar-refractivity contribution in [3.05, 3.63) is 212 Å². The summed E-state index contributed by atoms with van der Waals surface area (Å²) in [5.41, 5.74) is 12.2. The molecule has 0 fully saturated rings.